The second-order valence-electron chi connectivity index (χ2n) is 22.9. The Morgan fingerprint density at radius 3 is 0.847 bits per heavy atom. The highest BCUT2D eigenvalue weighted by Crippen LogP contribution is 2.53. The van der Waals surface area contributed by atoms with Crippen molar-refractivity contribution < 1.29 is 0 Å². The van der Waals surface area contributed by atoms with Gasteiger partial charge >= 0.3 is 0 Å². The maximum atomic E-state index is 2.54. The van der Waals surface area contributed by atoms with Crippen LogP contribution in [0.4, 0.5) is 34.1 Å². The fourth-order valence-electron chi connectivity index (χ4n) is 12.0. The van der Waals surface area contributed by atoms with Gasteiger partial charge in [0, 0.05) is 34.1 Å². The number of rotatable bonds is 6. The fourth-order valence-corrected chi connectivity index (χ4v) is 12.0. The Balaban J connectivity index is 1.20. The summed E-state index contributed by atoms with van der Waals surface area (Å²) in [6, 6.07) is 70.1. The van der Waals surface area contributed by atoms with Crippen molar-refractivity contribution in [2.45, 2.75) is 80.1 Å². The lowest BCUT2D eigenvalue weighted by Crippen LogP contribution is -2.12. The van der Waals surface area contributed by atoms with Gasteiger partial charge in [0.25, 0.3) is 0 Å². The van der Waals surface area contributed by atoms with Gasteiger partial charge in [0.1, 0.15) is 0 Å². The Bertz CT molecular complexity index is 3910. The average molecular weight is 929 g/mol. The Kier molecular flexibility index (Phi) is 9.65. The number of hydrogen-bond donors (Lipinski definition) is 0. The molecule has 13 aromatic rings. The van der Waals surface area contributed by atoms with Gasteiger partial charge in [-0.05, 0) is 221 Å². The molecule has 0 saturated carbocycles. The molecule has 0 heterocycles. The molecule has 0 amide bonds. The molecule has 13 aromatic carbocycles. The molecule has 0 fully saturated rings. The van der Waals surface area contributed by atoms with Crippen LogP contribution in [0.15, 0.2) is 182 Å². The van der Waals surface area contributed by atoms with Crippen LogP contribution in [0.3, 0.4) is 0 Å². The zero-order valence-electron chi connectivity index (χ0n) is 43.2. The van der Waals surface area contributed by atoms with Crippen molar-refractivity contribution in [3.8, 4) is 0 Å². The van der Waals surface area contributed by atoms with E-state index in [-0.39, 0.29) is 10.8 Å². The zero-order chi connectivity index (χ0) is 49.5. The molecule has 0 bridgehead atoms. The molecule has 0 spiro atoms. The average Bonchev–Trinajstić information content (AvgIpc) is 3.36. The normalized spacial score (nSPS) is 12.6. The minimum Gasteiger partial charge on any atom is -0.310 e. The number of anilines is 6. The number of hydrogen-bond acceptors (Lipinski definition) is 2. The summed E-state index contributed by atoms with van der Waals surface area (Å²) in [7, 11) is 0. The highest BCUT2D eigenvalue weighted by Gasteiger charge is 2.27. The lowest BCUT2D eigenvalue weighted by molar-refractivity contribution is 0.591. The maximum Gasteiger partial charge on any atom is 0.0474 e. The summed E-state index contributed by atoms with van der Waals surface area (Å²) in [6.07, 6.45) is 0. The second-order valence-corrected chi connectivity index (χ2v) is 22.9. The van der Waals surface area contributed by atoms with Crippen molar-refractivity contribution in [3.63, 3.8) is 0 Å². The van der Waals surface area contributed by atoms with Crippen LogP contribution in [-0.2, 0) is 10.8 Å². The fraction of sp³-hybridized carbons (Fsp3) is 0.171. The quantitative estimate of drug-likeness (QED) is 0.121. The van der Waals surface area contributed by atoms with E-state index in [4.69, 9.17) is 0 Å². The molecule has 13 rings (SSSR count). The van der Waals surface area contributed by atoms with Crippen LogP contribution in [0.2, 0.25) is 0 Å². The molecule has 0 atom stereocenters. The standard InChI is InChI=1S/C70H60N2/c1-41-17-25-49(26-18-41)71(50-27-19-42(2)20-28-50)53-35-45-33-47(69(5,6)7)37-61-63(45)59(39-53)55-13-11-15-57-65(55)67(61)58-16-12-14-56-60-40-54(72(51-29-21-43(3)22-30-51)52-31-23-44(4)24-32-52)36-46-34-48(70(8,9)10)38-62(64(46)60)68(57)66(56)58/h11-40H,1-10H3. The topological polar surface area (TPSA) is 6.48 Å². The Labute approximate surface area is 423 Å². The van der Waals surface area contributed by atoms with Gasteiger partial charge in [0.05, 0.1) is 0 Å². The van der Waals surface area contributed by atoms with Crippen LogP contribution < -0.4 is 9.80 Å². The van der Waals surface area contributed by atoms with Gasteiger partial charge in [0.2, 0.25) is 0 Å². The molecule has 0 radical (unpaired) electrons. The minimum absolute atomic E-state index is 0.0913. The molecule has 0 aliphatic rings. The SMILES string of the molecule is Cc1ccc(N(c2ccc(C)cc2)c2cc3cc(C(C)(C)C)cc4c3c(c2)c2cccc3c2c4c2cccc4c5cc(N(c6ccc(C)cc6)c6ccc(C)cc6)cc6cc(C(C)(C)C)cc(c65)c3c42)cc1. The monoisotopic (exact) mass is 928 g/mol. The summed E-state index contributed by atoms with van der Waals surface area (Å²) < 4.78 is 0. The summed E-state index contributed by atoms with van der Waals surface area (Å²) in [5.41, 5.74) is 14.4. The summed E-state index contributed by atoms with van der Waals surface area (Å²) >= 11 is 0. The van der Waals surface area contributed by atoms with E-state index in [1.54, 1.807) is 0 Å². The number of benzene rings is 13. The first-order valence-corrected chi connectivity index (χ1v) is 25.7. The largest absolute Gasteiger partial charge is 0.310 e. The molecule has 0 saturated heterocycles. The first kappa shape index (κ1) is 44.0. The van der Waals surface area contributed by atoms with E-state index in [0.717, 1.165) is 34.1 Å². The summed E-state index contributed by atoms with van der Waals surface area (Å²) in [4.78, 5) is 4.89. The van der Waals surface area contributed by atoms with E-state index in [2.05, 4.69) is 261 Å². The molecule has 0 aliphatic carbocycles. The van der Waals surface area contributed by atoms with E-state index < -0.39 is 0 Å². The van der Waals surface area contributed by atoms with Gasteiger partial charge < -0.3 is 9.80 Å². The molecule has 72 heavy (non-hydrogen) atoms. The molecule has 350 valence electrons. The van der Waals surface area contributed by atoms with Crippen LogP contribution in [0.5, 0.6) is 0 Å². The first-order valence-electron chi connectivity index (χ1n) is 25.7. The lowest BCUT2D eigenvalue weighted by Gasteiger charge is -2.29. The highest BCUT2D eigenvalue weighted by molar-refractivity contribution is 6.48. The van der Waals surface area contributed by atoms with Crippen molar-refractivity contribution in [3.05, 3.63) is 215 Å². The third-order valence-electron chi connectivity index (χ3n) is 15.8. The van der Waals surface area contributed by atoms with E-state index >= 15 is 0 Å². The van der Waals surface area contributed by atoms with Gasteiger partial charge in [-0.2, -0.15) is 0 Å². The van der Waals surface area contributed by atoms with Gasteiger partial charge in [0.15, 0.2) is 0 Å². The van der Waals surface area contributed by atoms with E-state index in [9.17, 15) is 0 Å². The number of fused-ring (bicyclic) bond motifs is 6. The predicted molar refractivity (Wildman–Crippen MR) is 315 cm³/mol. The van der Waals surface area contributed by atoms with Gasteiger partial charge in [-0.1, -0.05) is 161 Å². The highest BCUT2D eigenvalue weighted by atomic mass is 15.1. The Hall–Kier alpha value is -7.94. The van der Waals surface area contributed by atoms with E-state index in [1.807, 2.05) is 0 Å². The summed E-state index contributed by atoms with van der Waals surface area (Å²) in [6.45, 7) is 22.8. The van der Waals surface area contributed by atoms with Gasteiger partial charge in [-0.15, -0.1) is 0 Å². The molecule has 2 heteroatoms. The van der Waals surface area contributed by atoms with Crippen LogP contribution in [-0.4, -0.2) is 0 Å². The molecular weight excluding hydrogens is 869 g/mol. The van der Waals surface area contributed by atoms with Crippen molar-refractivity contribution in [2.75, 3.05) is 9.80 Å². The lowest BCUT2D eigenvalue weighted by atomic mass is 9.78. The maximum absolute atomic E-state index is 2.54. The van der Waals surface area contributed by atoms with Gasteiger partial charge in [-0.3, -0.25) is 0 Å². The summed E-state index contributed by atoms with van der Waals surface area (Å²) in [5, 5.41) is 20.9. The molecule has 0 N–H and O–H groups in total. The van der Waals surface area contributed by atoms with Crippen LogP contribution in [0.1, 0.15) is 74.9 Å². The molecule has 0 unspecified atom stereocenters. The van der Waals surface area contributed by atoms with Crippen LogP contribution in [0, 0.1) is 27.7 Å². The first-order chi connectivity index (χ1) is 34.6. The third kappa shape index (κ3) is 6.83. The zero-order valence-corrected chi connectivity index (χ0v) is 43.2. The van der Waals surface area contributed by atoms with E-state index in [0.29, 0.717) is 0 Å². The van der Waals surface area contributed by atoms with Crippen molar-refractivity contribution in [1.82, 2.24) is 0 Å². The molecule has 0 aliphatic heterocycles. The number of nitrogens with zero attached hydrogens (tertiary/aromatic N) is 2. The van der Waals surface area contributed by atoms with Crippen molar-refractivity contribution >= 4 is 120 Å². The molecular formula is C70H60N2. The van der Waals surface area contributed by atoms with Crippen LogP contribution in [0.25, 0.3) is 86.2 Å². The van der Waals surface area contributed by atoms with Gasteiger partial charge in [-0.25, -0.2) is 0 Å². The summed E-state index contributed by atoms with van der Waals surface area (Å²) in [5.74, 6) is 0. The minimum atomic E-state index is -0.0913. The smallest absolute Gasteiger partial charge is 0.0474 e. The number of aryl methyl sites for hydroxylation is 4. The van der Waals surface area contributed by atoms with Crippen molar-refractivity contribution in [2.24, 2.45) is 0 Å². The van der Waals surface area contributed by atoms with E-state index in [1.165, 1.54) is 120 Å². The Morgan fingerprint density at radius 2 is 0.542 bits per heavy atom. The third-order valence-corrected chi connectivity index (χ3v) is 15.8. The Morgan fingerprint density at radius 1 is 0.250 bits per heavy atom. The molecule has 2 nitrogen and oxygen atoms in total. The second kappa shape index (κ2) is 15.8. The molecule has 0 aromatic heterocycles. The van der Waals surface area contributed by atoms with Crippen molar-refractivity contribution in [1.29, 1.82) is 0 Å². The predicted octanol–water partition coefficient (Wildman–Crippen LogP) is 20.6. The van der Waals surface area contributed by atoms with Crippen LogP contribution >= 0.6 is 0 Å².